The minimum absolute atomic E-state index is 0.235. The van der Waals surface area contributed by atoms with Gasteiger partial charge in [-0.1, -0.05) is 18.2 Å². The van der Waals surface area contributed by atoms with E-state index in [0.717, 1.165) is 39.2 Å². The Balaban J connectivity index is 1.74. The van der Waals surface area contributed by atoms with Crippen molar-refractivity contribution in [2.45, 2.75) is 13.8 Å². The number of fused-ring (bicyclic) bond motifs is 1. The summed E-state index contributed by atoms with van der Waals surface area (Å²) in [6.45, 7) is 4.08. The molecular formula is C22H18FN3. The molecule has 0 radical (unpaired) electrons. The van der Waals surface area contributed by atoms with Crippen LogP contribution in [0.3, 0.4) is 0 Å². The fourth-order valence-corrected chi connectivity index (χ4v) is 3.24. The molecule has 0 aliphatic heterocycles. The Labute approximate surface area is 151 Å². The Kier molecular flexibility index (Phi) is 4.09. The van der Waals surface area contributed by atoms with Gasteiger partial charge in [-0.3, -0.25) is 9.98 Å². The summed E-state index contributed by atoms with van der Waals surface area (Å²) in [5.41, 5.74) is 5.83. The van der Waals surface area contributed by atoms with Gasteiger partial charge >= 0.3 is 0 Å². The standard InChI is InChI=1S/C22H18FN3/c1-15-13-18(16(2)26(15)20-10-8-19(23)9-11-20)14-25-21-7-3-5-17-6-4-12-24-22(17)21/h3-14H,1-2H3. The van der Waals surface area contributed by atoms with E-state index in [9.17, 15) is 4.39 Å². The normalized spacial score (nSPS) is 11.5. The number of aliphatic imine (C=N–C) groups is 1. The van der Waals surface area contributed by atoms with Crippen LogP contribution in [0.1, 0.15) is 17.0 Å². The molecule has 0 N–H and O–H groups in total. The molecule has 0 saturated carbocycles. The number of para-hydroxylation sites is 1. The molecule has 4 heteroatoms. The zero-order chi connectivity index (χ0) is 18.1. The highest BCUT2D eigenvalue weighted by atomic mass is 19.1. The van der Waals surface area contributed by atoms with Gasteiger partial charge in [-0.15, -0.1) is 0 Å². The van der Waals surface area contributed by atoms with E-state index in [1.54, 1.807) is 18.3 Å². The van der Waals surface area contributed by atoms with Gasteiger partial charge in [-0.25, -0.2) is 4.39 Å². The lowest BCUT2D eigenvalue weighted by molar-refractivity contribution is 0.627. The molecule has 2 heterocycles. The molecule has 0 saturated heterocycles. The average Bonchev–Trinajstić information content (AvgIpc) is 2.94. The van der Waals surface area contributed by atoms with Crippen LogP contribution < -0.4 is 0 Å². The number of aromatic nitrogens is 2. The van der Waals surface area contributed by atoms with Gasteiger partial charge in [0.15, 0.2) is 0 Å². The molecule has 4 rings (SSSR count). The van der Waals surface area contributed by atoms with Crippen molar-refractivity contribution in [2.24, 2.45) is 4.99 Å². The largest absolute Gasteiger partial charge is 0.318 e. The molecule has 0 fully saturated rings. The molecule has 2 aromatic heterocycles. The van der Waals surface area contributed by atoms with E-state index < -0.39 is 0 Å². The fourth-order valence-electron chi connectivity index (χ4n) is 3.24. The fraction of sp³-hybridized carbons (Fsp3) is 0.0909. The van der Waals surface area contributed by atoms with Crippen molar-refractivity contribution in [3.8, 4) is 5.69 Å². The van der Waals surface area contributed by atoms with E-state index in [2.05, 4.69) is 20.6 Å². The van der Waals surface area contributed by atoms with Crippen molar-refractivity contribution < 1.29 is 4.39 Å². The minimum Gasteiger partial charge on any atom is -0.318 e. The van der Waals surface area contributed by atoms with Crippen LogP contribution in [0.5, 0.6) is 0 Å². The van der Waals surface area contributed by atoms with Gasteiger partial charge in [0, 0.05) is 40.4 Å². The van der Waals surface area contributed by atoms with E-state index >= 15 is 0 Å². The number of pyridine rings is 1. The number of hydrogen-bond donors (Lipinski definition) is 0. The summed E-state index contributed by atoms with van der Waals surface area (Å²) in [5.74, 6) is -0.235. The highest BCUT2D eigenvalue weighted by molar-refractivity contribution is 5.92. The highest BCUT2D eigenvalue weighted by Gasteiger charge is 2.09. The van der Waals surface area contributed by atoms with Gasteiger partial charge in [-0.05, 0) is 56.3 Å². The molecule has 128 valence electrons. The first-order valence-electron chi connectivity index (χ1n) is 8.46. The lowest BCUT2D eigenvalue weighted by Crippen LogP contribution is -1.99. The first-order chi connectivity index (χ1) is 12.6. The van der Waals surface area contributed by atoms with Gasteiger partial charge in [0.1, 0.15) is 5.82 Å². The summed E-state index contributed by atoms with van der Waals surface area (Å²) in [6, 6.07) is 18.5. The zero-order valence-electron chi connectivity index (χ0n) is 14.6. The quantitative estimate of drug-likeness (QED) is 0.450. The molecular weight excluding hydrogens is 325 g/mol. The summed E-state index contributed by atoms with van der Waals surface area (Å²) >= 11 is 0. The molecule has 0 bridgehead atoms. The number of nitrogens with zero attached hydrogens (tertiary/aromatic N) is 3. The molecule has 0 aliphatic carbocycles. The summed E-state index contributed by atoms with van der Waals surface area (Å²) in [5, 5.41) is 1.07. The third-order valence-electron chi connectivity index (χ3n) is 4.51. The monoisotopic (exact) mass is 343 g/mol. The van der Waals surface area contributed by atoms with Gasteiger partial charge in [0.25, 0.3) is 0 Å². The maximum Gasteiger partial charge on any atom is 0.123 e. The van der Waals surface area contributed by atoms with E-state index in [-0.39, 0.29) is 5.82 Å². The van der Waals surface area contributed by atoms with Crippen molar-refractivity contribution in [2.75, 3.05) is 0 Å². The predicted molar refractivity (Wildman–Crippen MR) is 104 cm³/mol. The number of halogens is 1. The van der Waals surface area contributed by atoms with Crippen LogP contribution in [0, 0.1) is 19.7 Å². The molecule has 26 heavy (non-hydrogen) atoms. The summed E-state index contributed by atoms with van der Waals surface area (Å²) in [6.07, 6.45) is 3.65. The Morgan fingerprint density at radius 1 is 1.00 bits per heavy atom. The first-order valence-corrected chi connectivity index (χ1v) is 8.46. The van der Waals surface area contributed by atoms with Crippen molar-refractivity contribution in [1.82, 2.24) is 9.55 Å². The molecule has 4 aromatic rings. The topological polar surface area (TPSA) is 30.2 Å². The zero-order valence-corrected chi connectivity index (χ0v) is 14.6. The van der Waals surface area contributed by atoms with Gasteiger partial charge in [-0.2, -0.15) is 0 Å². The Morgan fingerprint density at radius 3 is 2.58 bits per heavy atom. The molecule has 0 unspecified atom stereocenters. The minimum atomic E-state index is -0.235. The van der Waals surface area contributed by atoms with Crippen molar-refractivity contribution in [3.63, 3.8) is 0 Å². The van der Waals surface area contributed by atoms with Crippen LogP contribution in [-0.2, 0) is 0 Å². The average molecular weight is 343 g/mol. The van der Waals surface area contributed by atoms with Gasteiger partial charge in [0.2, 0.25) is 0 Å². The Hall–Kier alpha value is -3.27. The van der Waals surface area contributed by atoms with Gasteiger partial charge < -0.3 is 4.57 Å². The Bertz CT molecular complexity index is 1100. The maximum atomic E-state index is 13.2. The first kappa shape index (κ1) is 16.2. The molecule has 2 aromatic carbocycles. The second-order valence-electron chi connectivity index (χ2n) is 6.25. The smallest absolute Gasteiger partial charge is 0.123 e. The number of rotatable bonds is 3. The highest BCUT2D eigenvalue weighted by Crippen LogP contribution is 2.25. The van der Waals surface area contributed by atoms with E-state index in [0.29, 0.717) is 0 Å². The third kappa shape index (κ3) is 2.90. The predicted octanol–water partition coefficient (Wildman–Crippen LogP) is 5.53. The third-order valence-corrected chi connectivity index (χ3v) is 4.51. The van der Waals surface area contributed by atoms with E-state index in [4.69, 9.17) is 0 Å². The van der Waals surface area contributed by atoms with Crippen LogP contribution in [0.2, 0.25) is 0 Å². The van der Waals surface area contributed by atoms with Gasteiger partial charge in [0.05, 0.1) is 11.2 Å². The van der Waals surface area contributed by atoms with E-state index in [1.807, 2.05) is 50.4 Å². The number of aryl methyl sites for hydroxylation is 1. The second kappa shape index (κ2) is 6.56. The van der Waals surface area contributed by atoms with Crippen LogP contribution in [-0.4, -0.2) is 15.8 Å². The van der Waals surface area contributed by atoms with Crippen molar-refractivity contribution in [1.29, 1.82) is 0 Å². The SMILES string of the molecule is Cc1cc(C=Nc2cccc3cccnc23)c(C)n1-c1ccc(F)cc1. The van der Waals surface area contributed by atoms with Crippen LogP contribution >= 0.6 is 0 Å². The summed E-state index contributed by atoms with van der Waals surface area (Å²) < 4.78 is 15.3. The molecule has 0 atom stereocenters. The second-order valence-corrected chi connectivity index (χ2v) is 6.25. The molecule has 0 spiro atoms. The molecule has 3 nitrogen and oxygen atoms in total. The van der Waals surface area contributed by atoms with Crippen LogP contribution in [0.15, 0.2) is 71.9 Å². The van der Waals surface area contributed by atoms with Crippen LogP contribution in [0.4, 0.5) is 10.1 Å². The lowest BCUT2D eigenvalue weighted by Gasteiger charge is -2.09. The summed E-state index contributed by atoms with van der Waals surface area (Å²) in [7, 11) is 0. The van der Waals surface area contributed by atoms with Crippen molar-refractivity contribution in [3.05, 3.63) is 89.6 Å². The van der Waals surface area contributed by atoms with E-state index in [1.165, 1.54) is 12.1 Å². The van der Waals surface area contributed by atoms with Crippen LogP contribution in [0.25, 0.3) is 16.6 Å². The summed E-state index contributed by atoms with van der Waals surface area (Å²) in [4.78, 5) is 9.11. The lowest BCUT2D eigenvalue weighted by atomic mass is 10.2. The number of benzene rings is 2. The molecule has 0 aliphatic rings. The number of hydrogen-bond acceptors (Lipinski definition) is 2. The Morgan fingerprint density at radius 2 is 1.77 bits per heavy atom. The molecule has 0 amide bonds. The van der Waals surface area contributed by atoms with Crippen molar-refractivity contribution >= 4 is 22.8 Å². The maximum absolute atomic E-state index is 13.2.